The lowest BCUT2D eigenvalue weighted by molar-refractivity contribution is -0.688. The number of rotatable bonds is 11. The molecule has 0 fully saturated rings. The quantitative estimate of drug-likeness (QED) is 0.188. The van der Waals surface area contributed by atoms with Gasteiger partial charge >= 0.3 is 7.60 Å². The van der Waals surface area contributed by atoms with Crippen molar-refractivity contribution >= 4 is 7.60 Å². The SMILES string of the molecule is CCOP(=O)(OCC)C(N(OC(C)c1cc[n+](Cc2ccc(F)cc2)cc1)C(C)(C)C)C(C)(C)C. The van der Waals surface area contributed by atoms with E-state index in [4.69, 9.17) is 13.9 Å². The Bertz CT molecular complexity index is 959. The van der Waals surface area contributed by atoms with E-state index in [0.717, 1.165) is 11.1 Å². The number of pyridine rings is 1. The van der Waals surface area contributed by atoms with Crippen LogP contribution in [-0.4, -0.2) is 29.6 Å². The number of halogens is 1. The topological polar surface area (TPSA) is 51.9 Å². The second-order valence-electron chi connectivity index (χ2n) is 10.8. The largest absolute Gasteiger partial charge is 0.350 e. The van der Waals surface area contributed by atoms with Crippen molar-refractivity contribution in [1.29, 1.82) is 0 Å². The van der Waals surface area contributed by atoms with Crippen LogP contribution in [0.5, 0.6) is 0 Å². The van der Waals surface area contributed by atoms with E-state index in [1.807, 2.05) is 96.5 Å². The van der Waals surface area contributed by atoms with Gasteiger partial charge in [-0.05, 0) is 76.8 Å². The lowest BCUT2D eigenvalue weighted by atomic mass is 9.94. The normalized spacial score (nSPS) is 14.8. The third-order valence-electron chi connectivity index (χ3n) is 5.51. The van der Waals surface area contributed by atoms with Crippen LogP contribution >= 0.6 is 7.60 Å². The molecule has 35 heavy (non-hydrogen) atoms. The molecule has 0 aliphatic carbocycles. The molecule has 0 N–H and O–H groups in total. The van der Waals surface area contributed by atoms with Crippen LogP contribution in [0.2, 0.25) is 0 Å². The van der Waals surface area contributed by atoms with Gasteiger partial charge in [0.25, 0.3) is 0 Å². The predicted molar refractivity (Wildman–Crippen MR) is 137 cm³/mol. The van der Waals surface area contributed by atoms with Crippen LogP contribution in [0.3, 0.4) is 0 Å². The van der Waals surface area contributed by atoms with E-state index >= 15 is 0 Å². The molecule has 6 nitrogen and oxygen atoms in total. The summed E-state index contributed by atoms with van der Waals surface area (Å²) in [6.45, 7) is 19.0. The van der Waals surface area contributed by atoms with Crippen molar-refractivity contribution in [3.8, 4) is 0 Å². The maximum atomic E-state index is 14.0. The Morgan fingerprint density at radius 1 is 0.943 bits per heavy atom. The molecule has 0 radical (unpaired) electrons. The Balaban J connectivity index is 2.32. The molecule has 0 aliphatic rings. The fraction of sp³-hybridized carbons (Fsp3) is 0.593. The summed E-state index contributed by atoms with van der Waals surface area (Å²) in [7, 11) is -3.53. The molecule has 2 atom stereocenters. The minimum absolute atomic E-state index is 0.241. The zero-order chi connectivity index (χ0) is 26.4. The van der Waals surface area contributed by atoms with Gasteiger partial charge in [-0.15, -0.1) is 0 Å². The van der Waals surface area contributed by atoms with Crippen LogP contribution in [0.25, 0.3) is 0 Å². The Morgan fingerprint density at radius 2 is 1.46 bits per heavy atom. The first-order valence-electron chi connectivity index (χ1n) is 12.3. The van der Waals surface area contributed by atoms with Crippen LogP contribution in [-0.2, 0) is 25.0 Å². The van der Waals surface area contributed by atoms with Crippen LogP contribution in [0.1, 0.15) is 79.5 Å². The van der Waals surface area contributed by atoms with Gasteiger partial charge in [-0.2, -0.15) is 5.06 Å². The predicted octanol–water partition coefficient (Wildman–Crippen LogP) is 6.89. The van der Waals surface area contributed by atoms with Gasteiger partial charge in [0.05, 0.1) is 13.2 Å². The monoisotopic (exact) mass is 509 g/mol. The van der Waals surface area contributed by atoms with Gasteiger partial charge in [0.1, 0.15) is 17.7 Å². The van der Waals surface area contributed by atoms with E-state index in [-0.39, 0.29) is 25.1 Å². The maximum absolute atomic E-state index is 14.0. The van der Waals surface area contributed by atoms with E-state index < -0.39 is 24.3 Å². The maximum Gasteiger partial charge on any atom is 0.350 e. The van der Waals surface area contributed by atoms with Crippen molar-refractivity contribution < 1.29 is 27.4 Å². The van der Waals surface area contributed by atoms with Crippen molar-refractivity contribution in [2.75, 3.05) is 13.2 Å². The standard InChI is InChI=1S/C27H43FN2O4P/c1-10-32-35(31,33-11-2)25(26(4,5)6)30(27(7,8)9)34-21(3)23-16-18-29(19-17-23)20-22-12-14-24(28)15-13-22/h12-19,21,25H,10-11,20H2,1-9H3/q+1. The molecule has 1 aromatic carbocycles. The number of hydrogen-bond acceptors (Lipinski definition) is 5. The van der Waals surface area contributed by atoms with Crippen molar-refractivity contribution in [3.05, 3.63) is 65.7 Å². The third-order valence-corrected chi connectivity index (χ3v) is 8.33. The molecular weight excluding hydrogens is 466 g/mol. The molecule has 0 spiro atoms. The van der Waals surface area contributed by atoms with Crippen molar-refractivity contribution in [2.24, 2.45) is 5.41 Å². The van der Waals surface area contributed by atoms with Gasteiger partial charge in [-0.3, -0.25) is 9.40 Å². The van der Waals surface area contributed by atoms with Gasteiger partial charge < -0.3 is 9.05 Å². The molecule has 0 aliphatic heterocycles. The molecular formula is C27H43FN2O4P+. The molecule has 0 saturated carbocycles. The van der Waals surface area contributed by atoms with Gasteiger partial charge in [-0.1, -0.05) is 20.8 Å². The highest BCUT2D eigenvalue weighted by molar-refractivity contribution is 7.54. The highest BCUT2D eigenvalue weighted by Gasteiger charge is 2.51. The Kier molecular flexibility index (Phi) is 10.2. The fourth-order valence-corrected chi connectivity index (χ4v) is 6.64. The first-order valence-corrected chi connectivity index (χ1v) is 13.9. The molecule has 1 aromatic heterocycles. The van der Waals surface area contributed by atoms with E-state index in [1.54, 1.807) is 12.1 Å². The average Bonchev–Trinajstić information content (AvgIpc) is 2.74. The number of hydroxylamine groups is 2. The Hall–Kier alpha value is -1.63. The summed E-state index contributed by atoms with van der Waals surface area (Å²) in [5.41, 5.74) is 1.06. The lowest BCUT2D eigenvalue weighted by Gasteiger charge is -2.48. The minimum atomic E-state index is -3.53. The smallest absolute Gasteiger partial charge is 0.308 e. The number of benzene rings is 1. The fourth-order valence-electron chi connectivity index (χ4n) is 3.95. The second-order valence-corrected chi connectivity index (χ2v) is 12.9. The van der Waals surface area contributed by atoms with Crippen LogP contribution in [0, 0.1) is 11.2 Å². The molecule has 8 heteroatoms. The number of nitrogens with zero attached hydrogens (tertiary/aromatic N) is 2. The highest BCUT2D eigenvalue weighted by atomic mass is 31.2. The molecule has 0 amide bonds. The zero-order valence-electron chi connectivity index (χ0n) is 22.7. The average molecular weight is 510 g/mol. The summed E-state index contributed by atoms with van der Waals surface area (Å²) in [6, 6.07) is 10.5. The third kappa shape index (κ3) is 8.19. The van der Waals surface area contributed by atoms with E-state index in [9.17, 15) is 8.96 Å². The highest BCUT2D eigenvalue weighted by Crippen LogP contribution is 2.61. The summed E-state index contributed by atoms with van der Waals surface area (Å²) in [5.74, 6) is -0.861. The molecule has 2 aromatic rings. The molecule has 2 unspecified atom stereocenters. The van der Waals surface area contributed by atoms with E-state index in [0.29, 0.717) is 6.54 Å². The van der Waals surface area contributed by atoms with E-state index in [2.05, 4.69) is 0 Å². The van der Waals surface area contributed by atoms with E-state index in [1.165, 1.54) is 12.1 Å². The van der Waals surface area contributed by atoms with Gasteiger partial charge in [0, 0.05) is 23.2 Å². The molecule has 0 bridgehead atoms. The molecule has 0 saturated heterocycles. The van der Waals surface area contributed by atoms with Gasteiger partial charge in [0.15, 0.2) is 18.9 Å². The number of hydrogen-bond donors (Lipinski definition) is 0. The summed E-state index contributed by atoms with van der Waals surface area (Å²) in [4.78, 5) is 6.55. The number of aromatic nitrogens is 1. The molecule has 196 valence electrons. The van der Waals surface area contributed by atoms with Crippen molar-refractivity contribution in [2.45, 2.75) is 86.3 Å². The second kappa shape index (κ2) is 12.1. The zero-order valence-corrected chi connectivity index (χ0v) is 23.6. The van der Waals surface area contributed by atoms with Crippen LogP contribution < -0.4 is 4.57 Å². The Labute approximate surface area is 210 Å². The Morgan fingerprint density at radius 3 is 1.89 bits per heavy atom. The summed E-state index contributed by atoms with van der Waals surface area (Å²) < 4.78 is 40.8. The van der Waals surface area contributed by atoms with Gasteiger partial charge in [0.2, 0.25) is 0 Å². The van der Waals surface area contributed by atoms with Crippen LogP contribution in [0.4, 0.5) is 4.39 Å². The summed E-state index contributed by atoms with van der Waals surface area (Å²) in [5, 5.41) is 1.81. The van der Waals surface area contributed by atoms with Crippen molar-refractivity contribution in [3.63, 3.8) is 0 Å². The van der Waals surface area contributed by atoms with Crippen molar-refractivity contribution in [1.82, 2.24) is 5.06 Å². The molecule has 2 rings (SSSR count). The van der Waals surface area contributed by atoms with Gasteiger partial charge in [-0.25, -0.2) is 8.96 Å². The summed E-state index contributed by atoms with van der Waals surface area (Å²) >= 11 is 0. The summed E-state index contributed by atoms with van der Waals surface area (Å²) in [6.07, 6.45) is 3.65. The minimum Gasteiger partial charge on any atom is -0.308 e. The first kappa shape index (κ1) is 29.6. The first-order chi connectivity index (χ1) is 16.2. The molecule has 1 heterocycles. The van der Waals surface area contributed by atoms with Crippen LogP contribution in [0.15, 0.2) is 48.8 Å². The lowest BCUT2D eigenvalue weighted by Crippen LogP contribution is -2.53.